The number of benzene rings is 1. The van der Waals surface area contributed by atoms with Crippen LogP contribution in [0.2, 0.25) is 0 Å². The number of nitrogens with two attached hydrogens (primary N) is 1. The van der Waals surface area contributed by atoms with Crippen molar-refractivity contribution < 1.29 is 18.3 Å². The van der Waals surface area contributed by atoms with Crippen molar-refractivity contribution in [3.8, 4) is 10.6 Å². The minimum absolute atomic E-state index is 0.0672. The predicted octanol–water partition coefficient (Wildman–Crippen LogP) is 2.92. The maximum absolute atomic E-state index is 13.7. The zero-order valence-corrected chi connectivity index (χ0v) is 19.5. The van der Waals surface area contributed by atoms with Gasteiger partial charge >= 0.3 is 5.97 Å². The highest BCUT2D eigenvalue weighted by atomic mass is 32.2. The van der Waals surface area contributed by atoms with Crippen LogP contribution in [0.5, 0.6) is 0 Å². The van der Waals surface area contributed by atoms with Crippen molar-refractivity contribution in [3.63, 3.8) is 0 Å². The van der Waals surface area contributed by atoms with Crippen LogP contribution >= 0.6 is 11.3 Å². The summed E-state index contributed by atoms with van der Waals surface area (Å²) in [6.07, 6.45) is 3.02. The van der Waals surface area contributed by atoms with Gasteiger partial charge in [-0.05, 0) is 29.8 Å². The van der Waals surface area contributed by atoms with Crippen LogP contribution in [0.25, 0.3) is 10.6 Å². The highest BCUT2D eigenvalue weighted by Gasteiger charge is 2.45. The van der Waals surface area contributed by atoms with Crippen molar-refractivity contribution in [2.24, 2.45) is 5.73 Å². The first-order valence-electron chi connectivity index (χ1n) is 10.2. The summed E-state index contributed by atoms with van der Waals surface area (Å²) in [5, 5.41) is 14.2. The Balaban J connectivity index is 1.76. The van der Waals surface area contributed by atoms with E-state index in [1.54, 1.807) is 42.6 Å². The average molecular weight is 496 g/mol. The van der Waals surface area contributed by atoms with E-state index in [0.29, 0.717) is 5.56 Å². The number of hydrogen-bond acceptors (Lipinski definition) is 9. The summed E-state index contributed by atoms with van der Waals surface area (Å²) in [6, 6.07) is 16.5. The number of carbonyl (C=O) groups is 1. The van der Waals surface area contributed by atoms with Crippen molar-refractivity contribution in [1.29, 1.82) is 0 Å². The normalized spacial score (nSPS) is 13.2. The SMILES string of the molecule is NC(Cc1ccc(-c2nccs2)cc1)(c1cccc(NCC(=O)O)n1)S(=O)(=O)c1ccccn1. The van der Waals surface area contributed by atoms with E-state index in [4.69, 9.17) is 10.8 Å². The third-order valence-electron chi connectivity index (χ3n) is 5.10. The minimum Gasteiger partial charge on any atom is -0.480 e. The Hall–Kier alpha value is -3.67. The molecule has 0 saturated heterocycles. The first-order valence-corrected chi connectivity index (χ1v) is 12.5. The van der Waals surface area contributed by atoms with E-state index in [9.17, 15) is 13.2 Å². The highest BCUT2D eigenvalue weighted by Crippen LogP contribution is 2.34. The van der Waals surface area contributed by atoms with Gasteiger partial charge in [0.15, 0.2) is 9.90 Å². The highest BCUT2D eigenvalue weighted by molar-refractivity contribution is 7.92. The van der Waals surface area contributed by atoms with Crippen LogP contribution in [-0.2, 0) is 25.9 Å². The molecule has 4 rings (SSSR count). The lowest BCUT2D eigenvalue weighted by molar-refractivity contribution is -0.134. The molecule has 0 saturated carbocycles. The van der Waals surface area contributed by atoms with E-state index in [1.165, 1.54) is 29.7 Å². The van der Waals surface area contributed by atoms with Crippen LogP contribution in [0.1, 0.15) is 11.3 Å². The van der Waals surface area contributed by atoms with Crippen LogP contribution in [0, 0.1) is 0 Å². The van der Waals surface area contributed by atoms with Gasteiger partial charge in [0.05, 0.1) is 5.69 Å². The number of hydrogen-bond donors (Lipinski definition) is 3. The van der Waals surface area contributed by atoms with Crippen molar-refractivity contribution in [2.75, 3.05) is 11.9 Å². The number of carboxylic acids is 1. The van der Waals surface area contributed by atoms with Crippen molar-refractivity contribution in [2.45, 2.75) is 16.3 Å². The van der Waals surface area contributed by atoms with Gasteiger partial charge in [0.25, 0.3) is 0 Å². The molecule has 0 spiro atoms. The standard InChI is InChI=1S/C23H21N5O4S2/c24-23(34(31,32)20-6-1-2-11-25-20,18-4-3-5-19(28-18)27-15-21(29)30)14-16-7-9-17(10-8-16)22-26-12-13-33-22/h1-13H,14-15,24H2,(H,27,28)(H,29,30). The molecule has 11 heteroatoms. The van der Waals surface area contributed by atoms with E-state index in [0.717, 1.165) is 10.6 Å². The molecule has 4 N–H and O–H groups in total. The summed E-state index contributed by atoms with van der Waals surface area (Å²) in [6.45, 7) is -0.376. The average Bonchev–Trinajstić information content (AvgIpc) is 3.39. The number of aromatic nitrogens is 3. The lowest BCUT2D eigenvalue weighted by Crippen LogP contribution is -2.47. The number of rotatable bonds is 9. The van der Waals surface area contributed by atoms with Gasteiger partial charge in [0.1, 0.15) is 17.4 Å². The molecule has 1 atom stereocenters. The largest absolute Gasteiger partial charge is 0.480 e. The lowest BCUT2D eigenvalue weighted by Gasteiger charge is -2.29. The molecule has 0 aliphatic heterocycles. The second-order valence-corrected chi connectivity index (χ2v) is 10.5. The molecule has 0 radical (unpaired) electrons. The molecule has 0 aliphatic carbocycles. The predicted molar refractivity (Wildman–Crippen MR) is 129 cm³/mol. The molecule has 0 amide bonds. The topological polar surface area (TPSA) is 148 Å². The molecule has 9 nitrogen and oxygen atoms in total. The molecule has 3 aromatic heterocycles. The molecule has 0 bridgehead atoms. The smallest absolute Gasteiger partial charge is 0.322 e. The van der Waals surface area contributed by atoms with Crippen molar-refractivity contribution >= 4 is 33.0 Å². The van der Waals surface area contributed by atoms with E-state index in [1.807, 2.05) is 17.5 Å². The number of carboxylic acid groups (broad SMARTS) is 1. The number of nitrogens with one attached hydrogen (secondary N) is 1. The van der Waals surface area contributed by atoms with Crippen LogP contribution in [-0.4, -0.2) is 41.0 Å². The van der Waals surface area contributed by atoms with Crippen molar-refractivity contribution in [3.05, 3.63) is 89.7 Å². The molecule has 4 aromatic rings. The van der Waals surface area contributed by atoms with Crippen LogP contribution in [0.3, 0.4) is 0 Å². The Morgan fingerprint density at radius 2 is 1.82 bits per heavy atom. The monoisotopic (exact) mass is 495 g/mol. The number of pyridine rings is 2. The third kappa shape index (κ3) is 4.81. The molecular formula is C23H21N5O4S2. The van der Waals surface area contributed by atoms with E-state index >= 15 is 0 Å². The van der Waals surface area contributed by atoms with Gasteiger partial charge < -0.3 is 16.2 Å². The number of aliphatic carboxylic acids is 1. The van der Waals surface area contributed by atoms with E-state index < -0.39 is 20.7 Å². The summed E-state index contributed by atoms with van der Waals surface area (Å²) < 4.78 is 27.5. The quantitative estimate of drug-likeness (QED) is 0.319. The Kier molecular flexibility index (Phi) is 6.68. The Bertz CT molecular complexity index is 1380. The second kappa shape index (κ2) is 9.67. The fourth-order valence-corrected chi connectivity index (χ4v) is 5.61. The van der Waals surface area contributed by atoms with Crippen LogP contribution in [0.4, 0.5) is 5.82 Å². The van der Waals surface area contributed by atoms with Gasteiger partial charge in [-0.1, -0.05) is 36.4 Å². The van der Waals surface area contributed by atoms with Gasteiger partial charge in [0, 0.05) is 29.8 Å². The Labute approximate surface area is 200 Å². The summed E-state index contributed by atoms with van der Waals surface area (Å²) in [5.74, 6) is -0.877. The zero-order chi connectivity index (χ0) is 24.2. The maximum atomic E-state index is 13.7. The molecule has 174 valence electrons. The first kappa shape index (κ1) is 23.5. The fraction of sp³-hybridized carbons (Fsp3) is 0.130. The number of nitrogens with zero attached hydrogens (tertiary/aromatic N) is 3. The molecular weight excluding hydrogens is 474 g/mol. The van der Waals surface area contributed by atoms with E-state index in [-0.39, 0.29) is 29.5 Å². The fourth-order valence-electron chi connectivity index (χ4n) is 3.39. The molecule has 0 fully saturated rings. The molecule has 0 aliphatic rings. The van der Waals surface area contributed by atoms with Crippen LogP contribution in [0.15, 0.2) is 83.5 Å². The zero-order valence-electron chi connectivity index (χ0n) is 17.8. The maximum Gasteiger partial charge on any atom is 0.322 e. The van der Waals surface area contributed by atoms with Gasteiger partial charge in [-0.25, -0.2) is 23.4 Å². The number of thiazole rings is 1. The first-order chi connectivity index (χ1) is 16.3. The van der Waals surface area contributed by atoms with Gasteiger partial charge in [-0.2, -0.15) is 0 Å². The Morgan fingerprint density at radius 1 is 1.03 bits per heavy atom. The Morgan fingerprint density at radius 3 is 2.47 bits per heavy atom. The van der Waals surface area contributed by atoms with E-state index in [2.05, 4.69) is 20.3 Å². The minimum atomic E-state index is -4.20. The summed E-state index contributed by atoms with van der Waals surface area (Å²) >= 11 is 1.50. The third-order valence-corrected chi connectivity index (χ3v) is 8.02. The molecule has 1 unspecified atom stereocenters. The second-order valence-electron chi connectivity index (χ2n) is 7.43. The summed E-state index contributed by atoms with van der Waals surface area (Å²) in [4.78, 5) is 21.6. The number of sulfone groups is 1. The van der Waals surface area contributed by atoms with Gasteiger partial charge in [0.2, 0.25) is 9.84 Å². The van der Waals surface area contributed by atoms with Gasteiger partial charge in [-0.15, -0.1) is 11.3 Å². The summed E-state index contributed by atoms with van der Waals surface area (Å²) in [7, 11) is -4.20. The molecule has 3 heterocycles. The van der Waals surface area contributed by atoms with Crippen LogP contribution < -0.4 is 11.1 Å². The van der Waals surface area contributed by atoms with Gasteiger partial charge in [-0.3, -0.25) is 4.79 Å². The van der Waals surface area contributed by atoms with Crippen molar-refractivity contribution in [1.82, 2.24) is 15.0 Å². The lowest BCUT2D eigenvalue weighted by atomic mass is 10.0. The number of anilines is 1. The summed E-state index contributed by atoms with van der Waals surface area (Å²) in [5.41, 5.74) is 8.32. The molecule has 1 aromatic carbocycles. The molecule has 34 heavy (non-hydrogen) atoms.